The number of amides is 1. The lowest BCUT2D eigenvalue weighted by Gasteiger charge is -2.14. The predicted molar refractivity (Wildman–Crippen MR) is 118 cm³/mol. The molecule has 6 nitrogen and oxygen atoms in total. The number of hydrogen-bond acceptors (Lipinski definition) is 6. The molecule has 1 amide bonds. The third-order valence-electron chi connectivity index (χ3n) is 4.26. The second-order valence-corrected chi connectivity index (χ2v) is 8.50. The number of benzene rings is 2. The van der Waals surface area contributed by atoms with Crippen LogP contribution in [0.2, 0.25) is 0 Å². The van der Waals surface area contributed by atoms with Gasteiger partial charge in [-0.2, -0.15) is 0 Å². The van der Waals surface area contributed by atoms with Crippen molar-refractivity contribution < 1.29 is 4.79 Å². The molecular weight excluding hydrogens is 402 g/mol. The minimum absolute atomic E-state index is 0.133. The van der Waals surface area contributed by atoms with E-state index in [4.69, 9.17) is 0 Å². The molecule has 146 valence electrons. The highest BCUT2D eigenvalue weighted by atomic mass is 32.2. The van der Waals surface area contributed by atoms with E-state index in [1.54, 1.807) is 0 Å². The van der Waals surface area contributed by atoms with Gasteiger partial charge in [0.2, 0.25) is 11.0 Å². The highest BCUT2D eigenvalue weighted by Crippen LogP contribution is 2.31. The summed E-state index contributed by atoms with van der Waals surface area (Å²) in [6, 6.07) is 18.3. The first-order valence-electron chi connectivity index (χ1n) is 9.04. The normalized spacial score (nSPS) is 10.8. The molecule has 0 atom stereocenters. The number of nitrogens with one attached hydrogen (secondary N) is 1. The lowest BCUT2D eigenvalue weighted by Crippen LogP contribution is -2.14. The number of aromatic nitrogens is 4. The molecular formula is C21H19N5OS2. The van der Waals surface area contributed by atoms with Gasteiger partial charge in [-0.1, -0.05) is 71.6 Å². The van der Waals surface area contributed by atoms with Gasteiger partial charge >= 0.3 is 0 Å². The topological polar surface area (TPSA) is 72.7 Å². The monoisotopic (exact) mass is 421 g/mol. The standard InChI is InChI=1S/C21H19N5OS2/c1-14-8-6-7-11-17(14)26-18(16-9-4-3-5-10-16)12-22-21(26)28-13-19(27)23-20-25-24-15(2)29-20/h3-12H,13H2,1-2H3,(H,23,25,27). The van der Waals surface area contributed by atoms with Gasteiger partial charge in [-0.15, -0.1) is 10.2 Å². The van der Waals surface area contributed by atoms with Crippen LogP contribution >= 0.6 is 23.1 Å². The van der Waals surface area contributed by atoms with Crippen molar-refractivity contribution in [1.82, 2.24) is 19.7 Å². The zero-order chi connectivity index (χ0) is 20.2. The largest absolute Gasteiger partial charge is 0.300 e. The van der Waals surface area contributed by atoms with Gasteiger partial charge in [-0.05, 0) is 25.5 Å². The summed E-state index contributed by atoms with van der Waals surface area (Å²) in [5.74, 6) is 0.0993. The Morgan fingerprint density at radius 2 is 1.83 bits per heavy atom. The summed E-state index contributed by atoms with van der Waals surface area (Å²) in [5.41, 5.74) is 4.25. The molecule has 0 fully saturated rings. The number of anilines is 1. The van der Waals surface area contributed by atoms with Gasteiger partial charge in [0.15, 0.2) is 5.16 Å². The predicted octanol–water partition coefficient (Wildman–Crippen LogP) is 4.74. The maximum absolute atomic E-state index is 12.4. The Hall–Kier alpha value is -2.97. The van der Waals surface area contributed by atoms with Crippen molar-refractivity contribution in [3.05, 3.63) is 71.4 Å². The quantitative estimate of drug-likeness (QED) is 0.455. The number of para-hydroxylation sites is 1. The van der Waals surface area contributed by atoms with Crippen LogP contribution in [0.1, 0.15) is 10.6 Å². The van der Waals surface area contributed by atoms with Gasteiger partial charge in [0.05, 0.1) is 23.3 Å². The number of carbonyl (C=O) groups is 1. The van der Waals surface area contributed by atoms with Crippen LogP contribution in [0.25, 0.3) is 16.9 Å². The van der Waals surface area contributed by atoms with Crippen molar-refractivity contribution in [2.75, 3.05) is 11.1 Å². The molecule has 1 N–H and O–H groups in total. The third kappa shape index (κ3) is 4.38. The first-order valence-corrected chi connectivity index (χ1v) is 10.8. The summed E-state index contributed by atoms with van der Waals surface area (Å²) in [6.45, 7) is 3.93. The van der Waals surface area contributed by atoms with E-state index < -0.39 is 0 Å². The molecule has 0 aliphatic carbocycles. The number of aryl methyl sites for hydroxylation is 2. The van der Waals surface area contributed by atoms with Gasteiger partial charge < -0.3 is 0 Å². The first kappa shape index (κ1) is 19.4. The van der Waals surface area contributed by atoms with E-state index in [0.29, 0.717) is 5.13 Å². The molecule has 0 saturated carbocycles. The van der Waals surface area contributed by atoms with Crippen LogP contribution in [0.4, 0.5) is 5.13 Å². The summed E-state index contributed by atoms with van der Waals surface area (Å²) in [6.07, 6.45) is 1.86. The fourth-order valence-corrected chi connectivity index (χ4v) is 4.32. The minimum atomic E-state index is -0.133. The SMILES string of the molecule is Cc1nnc(NC(=O)CSc2ncc(-c3ccccc3)n2-c2ccccc2C)s1. The average Bonchev–Trinajstić information content (AvgIpc) is 3.33. The van der Waals surface area contributed by atoms with E-state index in [2.05, 4.69) is 56.3 Å². The molecule has 0 radical (unpaired) electrons. The second-order valence-electron chi connectivity index (χ2n) is 6.38. The third-order valence-corrected chi connectivity index (χ3v) is 5.97. The Bertz CT molecular complexity index is 1140. The number of hydrogen-bond donors (Lipinski definition) is 1. The Morgan fingerprint density at radius 3 is 2.55 bits per heavy atom. The van der Waals surface area contributed by atoms with Gasteiger partial charge in [0.25, 0.3) is 0 Å². The van der Waals surface area contributed by atoms with E-state index in [0.717, 1.165) is 32.7 Å². The van der Waals surface area contributed by atoms with Crippen molar-refractivity contribution in [2.45, 2.75) is 19.0 Å². The fraction of sp³-hybridized carbons (Fsp3) is 0.143. The molecule has 0 aliphatic heterocycles. The first-order chi connectivity index (χ1) is 14.1. The Morgan fingerprint density at radius 1 is 1.07 bits per heavy atom. The molecule has 29 heavy (non-hydrogen) atoms. The van der Waals surface area contributed by atoms with Gasteiger partial charge in [0.1, 0.15) is 5.01 Å². The fourth-order valence-electron chi connectivity index (χ4n) is 2.93. The Kier molecular flexibility index (Phi) is 5.73. The van der Waals surface area contributed by atoms with E-state index in [9.17, 15) is 4.79 Å². The number of nitrogens with zero attached hydrogens (tertiary/aromatic N) is 4. The van der Waals surface area contributed by atoms with Crippen LogP contribution in [0, 0.1) is 13.8 Å². The van der Waals surface area contributed by atoms with Crippen molar-refractivity contribution in [2.24, 2.45) is 0 Å². The van der Waals surface area contributed by atoms with Crippen molar-refractivity contribution in [3.8, 4) is 16.9 Å². The van der Waals surface area contributed by atoms with Crippen LogP contribution in [-0.2, 0) is 4.79 Å². The molecule has 4 rings (SSSR count). The highest BCUT2D eigenvalue weighted by Gasteiger charge is 2.17. The van der Waals surface area contributed by atoms with Crippen LogP contribution in [0.3, 0.4) is 0 Å². The average molecular weight is 422 g/mol. The number of carbonyl (C=O) groups excluding carboxylic acids is 1. The summed E-state index contributed by atoms with van der Waals surface area (Å²) in [7, 11) is 0. The number of thioether (sulfide) groups is 1. The van der Waals surface area contributed by atoms with E-state index >= 15 is 0 Å². The smallest absolute Gasteiger partial charge is 0.236 e. The molecule has 8 heteroatoms. The Labute approximate surface area is 177 Å². The van der Waals surface area contributed by atoms with Crippen molar-refractivity contribution >= 4 is 34.1 Å². The zero-order valence-corrected chi connectivity index (χ0v) is 17.6. The summed E-state index contributed by atoms with van der Waals surface area (Å²) < 4.78 is 2.11. The van der Waals surface area contributed by atoms with Gasteiger partial charge in [-0.25, -0.2) is 4.98 Å². The van der Waals surface area contributed by atoms with Crippen LogP contribution in [0.5, 0.6) is 0 Å². The van der Waals surface area contributed by atoms with E-state index in [-0.39, 0.29) is 11.7 Å². The molecule has 0 unspecified atom stereocenters. The maximum atomic E-state index is 12.4. The lowest BCUT2D eigenvalue weighted by atomic mass is 10.1. The van der Waals surface area contributed by atoms with Gasteiger partial charge in [-0.3, -0.25) is 14.7 Å². The van der Waals surface area contributed by atoms with E-state index in [1.165, 1.54) is 23.1 Å². The summed E-state index contributed by atoms with van der Waals surface area (Å²) >= 11 is 2.75. The van der Waals surface area contributed by atoms with Crippen molar-refractivity contribution in [1.29, 1.82) is 0 Å². The molecule has 0 bridgehead atoms. The van der Waals surface area contributed by atoms with E-state index in [1.807, 2.05) is 43.5 Å². The van der Waals surface area contributed by atoms with Crippen LogP contribution < -0.4 is 5.32 Å². The van der Waals surface area contributed by atoms with Crippen molar-refractivity contribution in [3.63, 3.8) is 0 Å². The van der Waals surface area contributed by atoms with Crippen LogP contribution in [-0.4, -0.2) is 31.4 Å². The molecule has 2 aromatic heterocycles. The molecule has 2 aromatic carbocycles. The maximum Gasteiger partial charge on any atom is 0.236 e. The molecule has 0 aliphatic rings. The summed E-state index contributed by atoms with van der Waals surface area (Å²) in [4.78, 5) is 17.0. The highest BCUT2D eigenvalue weighted by molar-refractivity contribution is 7.99. The lowest BCUT2D eigenvalue weighted by molar-refractivity contribution is -0.113. The molecule has 2 heterocycles. The minimum Gasteiger partial charge on any atom is -0.300 e. The number of rotatable bonds is 6. The zero-order valence-electron chi connectivity index (χ0n) is 16.0. The Balaban J connectivity index is 1.62. The summed E-state index contributed by atoms with van der Waals surface area (Å²) in [5, 5.41) is 12.7. The molecule has 0 saturated heterocycles. The second kappa shape index (κ2) is 8.59. The van der Waals surface area contributed by atoms with Gasteiger partial charge in [0, 0.05) is 5.56 Å². The number of imidazole rings is 1. The molecule has 0 spiro atoms. The van der Waals surface area contributed by atoms with Crippen LogP contribution in [0.15, 0.2) is 66.0 Å². The molecule has 4 aromatic rings.